The minimum Gasteiger partial charge on any atom is -0.490 e. The van der Waals surface area contributed by atoms with Crippen LogP contribution in [-0.2, 0) is 17.9 Å². The van der Waals surface area contributed by atoms with E-state index in [0.29, 0.717) is 58.7 Å². The summed E-state index contributed by atoms with van der Waals surface area (Å²) < 4.78 is 11.8. The van der Waals surface area contributed by atoms with E-state index in [9.17, 15) is 4.79 Å². The molecule has 0 aliphatic heterocycles. The van der Waals surface area contributed by atoms with Crippen LogP contribution in [0.4, 0.5) is 11.4 Å². The Hall–Kier alpha value is -2.60. The molecular formula is C27H29Cl3N2O3. The summed E-state index contributed by atoms with van der Waals surface area (Å²) in [5.41, 5.74) is 3.34. The molecule has 0 saturated carbocycles. The Morgan fingerprint density at radius 1 is 0.886 bits per heavy atom. The van der Waals surface area contributed by atoms with Crippen molar-refractivity contribution in [2.24, 2.45) is 5.92 Å². The van der Waals surface area contributed by atoms with Crippen molar-refractivity contribution in [3.63, 3.8) is 0 Å². The predicted octanol–water partition coefficient (Wildman–Crippen LogP) is 8.22. The number of anilines is 2. The zero-order chi connectivity index (χ0) is 25.4. The third kappa shape index (κ3) is 8.24. The molecule has 0 atom stereocenters. The molecule has 0 spiro atoms. The fourth-order valence-electron chi connectivity index (χ4n) is 3.37. The Bertz CT molecular complexity index is 1170. The van der Waals surface area contributed by atoms with Gasteiger partial charge in [0.2, 0.25) is 5.91 Å². The maximum atomic E-state index is 12.1. The van der Waals surface area contributed by atoms with E-state index in [1.54, 1.807) is 18.2 Å². The van der Waals surface area contributed by atoms with Gasteiger partial charge in [-0.2, -0.15) is 0 Å². The standard InChI is InChI=1S/C27H29Cl3N2O3/c1-4-34-25-12-19(15-31-20-6-5-7-21(13-20)32-27(33)10-17(2)3)23(29)14-26(25)35-16-18-8-9-22(28)24(30)11-18/h5-9,11-14,17,31H,4,10,15-16H2,1-3H3,(H,32,33). The molecule has 5 nitrogen and oxygen atoms in total. The van der Waals surface area contributed by atoms with Crippen LogP contribution in [0.5, 0.6) is 11.5 Å². The molecule has 2 N–H and O–H groups in total. The Labute approximate surface area is 221 Å². The minimum absolute atomic E-state index is 0.00184. The van der Waals surface area contributed by atoms with Gasteiger partial charge in [0, 0.05) is 35.4 Å². The van der Waals surface area contributed by atoms with Crippen molar-refractivity contribution in [3.05, 3.63) is 80.8 Å². The van der Waals surface area contributed by atoms with Crippen LogP contribution in [0.2, 0.25) is 15.1 Å². The lowest BCUT2D eigenvalue weighted by Crippen LogP contribution is -2.14. The number of hydrogen-bond acceptors (Lipinski definition) is 4. The van der Waals surface area contributed by atoms with Crippen molar-refractivity contribution in [1.82, 2.24) is 0 Å². The summed E-state index contributed by atoms with van der Waals surface area (Å²) in [6.07, 6.45) is 0.479. The molecule has 0 aliphatic rings. The predicted molar refractivity (Wildman–Crippen MR) is 145 cm³/mol. The van der Waals surface area contributed by atoms with Gasteiger partial charge in [0.25, 0.3) is 0 Å². The van der Waals surface area contributed by atoms with Gasteiger partial charge in [-0.15, -0.1) is 0 Å². The molecular weight excluding hydrogens is 507 g/mol. The van der Waals surface area contributed by atoms with Gasteiger partial charge in [-0.25, -0.2) is 0 Å². The van der Waals surface area contributed by atoms with Gasteiger partial charge in [-0.3, -0.25) is 4.79 Å². The number of hydrogen-bond donors (Lipinski definition) is 2. The Morgan fingerprint density at radius 2 is 1.63 bits per heavy atom. The molecule has 0 unspecified atom stereocenters. The van der Waals surface area contributed by atoms with Crippen molar-refractivity contribution >= 4 is 52.1 Å². The van der Waals surface area contributed by atoms with Gasteiger partial charge < -0.3 is 20.1 Å². The van der Waals surface area contributed by atoms with Crippen LogP contribution in [0.15, 0.2) is 54.6 Å². The van der Waals surface area contributed by atoms with Crippen LogP contribution in [0.3, 0.4) is 0 Å². The number of nitrogens with one attached hydrogen (secondary N) is 2. The SMILES string of the molecule is CCOc1cc(CNc2cccc(NC(=O)CC(C)C)c2)c(Cl)cc1OCc1ccc(Cl)c(Cl)c1. The summed E-state index contributed by atoms with van der Waals surface area (Å²) in [6, 6.07) is 16.6. The van der Waals surface area contributed by atoms with Crippen molar-refractivity contribution < 1.29 is 14.3 Å². The second-order valence-electron chi connectivity index (χ2n) is 8.44. The Balaban J connectivity index is 1.69. The molecule has 0 bridgehead atoms. The number of amides is 1. The third-order valence-electron chi connectivity index (χ3n) is 5.01. The summed E-state index contributed by atoms with van der Waals surface area (Å²) in [5.74, 6) is 1.44. The van der Waals surface area contributed by atoms with Crippen LogP contribution < -0.4 is 20.1 Å². The van der Waals surface area contributed by atoms with Crippen LogP contribution in [-0.4, -0.2) is 12.5 Å². The van der Waals surface area contributed by atoms with Gasteiger partial charge in [0.05, 0.1) is 16.7 Å². The number of carbonyl (C=O) groups is 1. The van der Waals surface area contributed by atoms with Gasteiger partial charge in [-0.1, -0.05) is 60.8 Å². The van der Waals surface area contributed by atoms with Gasteiger partial charge in [-0.05, 0) is 60.4 Å². The van der Waals surface area contributed by atoms with Gasteiger partial charge >= 0.3 is 0 Å². The van der Waals surface area contributed by atoms with Crippen molar-refractivity contribution in [1.29, 1.82) is 0 Å². The second kappa shape index (κ2) is 12.9. The van der Waals surface area contributed by atoms with E-state index in [2.05, 4.69) is 10.6 Å². The Kier molecular flexibility index (Phi) is 9.96. The van der Waals surface area contributed by atoms with E-state index < -0.39 is 0 Å². The van der Waals surface area contributed by atoms with Gasteiger partial charge in [0.1, 0.15) is 6.61 Å². The highest BCUT2D eigenvalue weighted by molar-refractivity contribution is 6.42. The largest absolute Gasteiger partial charge is 0.490 e. The van der Waals surface area contributed by atoms with Crippen molar-refractivity contribution in [2.75, 3.05) is 17.2 Å². The quantitative estimate of drug-likeness (QED) is 0.260. The van der Waals surface area contributed by atoms with Crippen LogP contribution >= 0.6 is 34.8 Å². The molecule has 0 saturated heterocycles. The number of ether oxygens (including phenoxy) is 2. The maximum Gasteiger partial charge on any atom is 0.224 e. The van der Waals surface area contributed by atoms with Crippen LogP contribution in [0.25, 0.3) is 0 Å². The summed E-state index contributed by atoms with van der Waals surface area (Å²) in [5, 5.41) is 7.80. The molecule has 1 amide bonds. The van der Waals surface area contributed by atoms with Crippen LogP contribution in [0, 0.1) is 5.92 Å². The number of halogens is 3. The lowest BCUT2D eigenvalue weighted by molar-refractivity contribution is -0.116. The number of rotatable bonds is 11. The summed E-state index contributed by atoms with van der Waals surface area (Å²) in [6.45, 7) is 7.18. The van der Waals surface area contributed by atoms with Crippen LogP contribution in [0.1, 0.15) is 38.3 Å². The normalized spacial score (nSPS) is 10.8. The van der Waals surface area contributed by atoms with E-state index in [-0.39, 0.29) is 5.91 Å². The Morgan fingerprint density at radius 3 is 2.34 bits per heavy atom. The summed E-state index contributed by atoms with van der Waals surface area (Å²) in [7, 11) is 0. The fraction of sp³-hybridized carbons (Fsp3) is 0.296. The lowest BCUT2D eigenvalue weighted by atomic mass is 10.1. The monoisotopic (exact) mass is 534 g/mol. The number of carbonyl (C=O) groups excluding carboxylic acids is 1. The minimum atomic E-state index is -0.00184. The molecule has 35 heavy (non-hydrogen) atoms. The molecule has 8 heteroatoms. The van der Waals surface area contributed by atoms with E-state index in [1.807, 2.05) is 57.2 Å². The highest BCUT2D eigenvalue weighted by Crippen LogP contribution is 2.35. The average molecular weight is 536 g/mol. The van der Waals surface area contributed by atoms with E-state index >= 15 is 0 Å². The first-order valence-corrected chi connectivity index (χ1v) is 12.5. The smallest absolute Gasteiger partial charge is 0.224 e. The highest BCUT2D eigenvalue weighted by Gasteiger charge is 2.13. The van der Waals surface area contributed by atoms with E-state index in [0.717, 1.165) is 22.5 Å². The second-order valence-corrected chi connectivity index (χ2v) is 9.66. The molecule has 186 valence electrons. The topological polar surface area (TPSA) is 59.6 Å². The molecule has 0 heterocycles. The first-order valence-electron chi connectivity index (χ1n) is 11.4. The summed E-state index contributed by atoms with van der Waals surface area (Å²) in [4.78, 5) is 12.1. The first-order chi connectivity index (χ1) is 16.7. The summed E-state index contributed by atoms with van der Waals surface area (Å²) >= 11 is 18.7. The molecule has 3 rings (SSSR count). The molecule has 0 aromatic heterocycles. The fourth-order valence-corrected chi connectivity index (χ4v) is 3.91. The number of benzene rings is 3. The van der Waals surface area contributed by atoms with E-state index in [4.69, 9.17) is 44.3 Å². The van der Waals surface area contributed by atoms with Crippen molar-refractivity contribution in [2.45, 2.75) is 40.3 Å². The first kappa shape index (κ1) is 27.0. The average Bonchev–Trinajstić information content (AvgIpc) is 2.80. The molecule has 3 aromatic carbocycles. The van der Waals surface area contributed by atoms with Crippen molar-refractivity contribution in [3.8, 4) is 11.5 Å². The third-order valence-corrected chi connectivity index (χ3v) is 6.10. The molecule has 0 fully saturated rings. The highest BCUT2D eigenvalue weighted by atomic mass is 35.5. The molecule has 0 aliphatic carbocycles. The maximum absolute atomic E-state index is 12.1. The molecule has 0 radical (unpaired) electrons. The van der Waals surface area contributed by atoms with E-state index in [1.165, 1.54) is 0 Å². The lowest BCUT2D eigenvalue weighted by Gasteiger charge is -2.16. The zero-order valence-electron chi connectivity index (χ0n) is 20.0. The zero-order valence-corrected chi connectivity index (χ0v) is 22.2. The molecule has 3 aromatic rings. The van der Waals surface area contributed by atoms with Gasteiger partial charge in [0.15, 0.2) is 11.5 Å².